The van der Waals surface area contributed by atoms with E-state index in [1.54, 1.807) is 0 Å². The molecule has 0 radical (unpaired) electrons. The van der Waals surface area contributed by atoms with E-state index in [9.17, 15) is 10.2 Å². The summed E-state index contributed by atoms with van der Waals surface area (Å²) < 4.78 is 5.08. The highest BCUT2D eigenvalue weighted by Crippen LogP contribution is 2.48. The third-order valence-electron chi connectivity index (χ3n) is 1.65. The Morgan fingerprint density at radius 2 is 1.20 bits per heavy atom. The van der Waals surface area contributed by atoms with Crippen LogP contribution in [0, 0.1) is 0 Å². The summed E-state index contributed by atoms with van der Waals surface area (Å²) in [6.45, 7) is 0. The Morgan fingerprint density at radius 1 is 0.800 bits per heavy atom. The van der Waals surface area contributed by atoms with E-state index in [-0.39, 0.29) is 33.1 Å². The molecule has 5 nitrogen and oxygen atoms in total. The van der Waals surface area contributed by atoms with E-state index >= 15 is 0 Å². The first kappa shape index (κ1) is 9.94. The van der Waals surface area contributed by atoms with Crippen LogP contribution in [0.15, 0.2) is 10.8 Å². The summed E-state index contributed by atoms with van der Waals surface area (Å²) >= 11 is 1.81. The average molecular weight is 246 g/mol. The SMILES string of the molecule is Oc1scc(Oc2csc(O)c2O)c1O. The molecule has 0 amide bonds. The van der Waals surface area contributed by atoms with Crippen LogP contribution in [-0.2, 0) is 0 Å². The lowest BCUT2D eigenvalue weighted by Gasteiger charge is -2.01. The molecule has 2 aromatic rings. The maximum Gasteiger partial charge on any atom is 0.218 e. The minimum Gasteiger partial charge on any atom is -0.501 e. The average Bonchev–Trinajstić information content (AvgIpc) is 2.68. The fourth-order valence-electron chi connectivity index (χ4n) is 0.916. The molecule has 15 heavy (non-hydrogen) atoms. The van der Waals surface area contributed by atoms with Gasteiger partial charge in [0.25, 0.3) is 0 Å². The van der Waals surface area contributed by atoms with E-state index in [0.29, 0.717) is 0 Å². The molecule has 2 rings (SSSR count). The lowest BCUT2D eigenvalue weighted by molar-refractivity contribution is 0.363. The van der Waals surface area contributed by atoms with Crippen LogP contribution in [0.25, 0.3) is 0 Å². The Hall–Kier alpha value is -1.60. The molecule has 0 bridgehead atoms. The number of hydrogen-bond donors (Lipinski definition) is 4. The number of aromatic hydroxyl groups is 4. The minimum absolute atomic E-state index is 0.0330. The van der Waals surface area contributed by atoms with E-state index < -0.39 is 0 Å². The van der Waals surface area contributed by atoms with Crippen LogP contribution < -0.4 is 4.74 Å². The molecule has 0 aromatic carbocycles. The van der Waals surface area contributed by atoms with Crippen molar-refractivity contribution in [2.24, 2.45) is 0 Å². The Morgan fingerprint density at radius 3 is 1.47 bits per heavy atom. The largest absolute Gasteiger partial charge is 0.501 e. The lowest BCUT2D eigenvalue weighted by atomic mass is 10.5. The Kier molecular flexibility index (Phi) is 2.33. The molecule has 80 valence electrons. The van der Waals surface area contributed by atoms with Gasteiger partial charge in [0, 0.05) is 10.8 Å². The topological polar surface area (TPSA) is 90.2 Å². The highest BCUT2D eigenvalue weighted by molar-refractivity contribution is 7.12. The highest BCUT2D eigenvalue weighted by Gasteiger charge is 2.16. The second kappa shape index (κ2) is 3.52. The Labute approximate surface area is 92.1 Å². The molecular formula is C8H6O5S2. The minimum atomic E-state index is -0.384. The number of thiophene rings is 2. The molecule has 0 unspecified atom stereocenters. The molecule has 2 heterocycles. The molecule has 0 atom stereocenters. The van der Waals surface area contributed by atoms with Crippen molar-refractivity contribution in [1.82, 2.24) is 0 Å². The third-order valence-corrected chi connectivity index (χ3v) is 3.14. The Balaban J connectivity index is 2.29. The van der Waals surface area contributed by atoms with Gasteiger partial charge in [0.15, 0.2) is 11.5 Å². The third kappa shape index (κ3) is 1.66. The molecule has 0 aliphatic rings. The quantitative estimate of drug-likeness (QED) is 0.653. The monoisotopic (exact) mass is 246 g/mol. The van der Waals surface area contributed by atoms with Gasteiger partial charge in [0.2, 0.25) is 21.6 Å². The van der Waals surface area contributed by atoms with Crippen molar-refractivity contribution in [1.29, 1.82) is 0 Å². The molecule has 0 saturated carbocycles. The zero-order chi connectivity index (χ0) is 11.0. The summed E-state index contributed by atoms with van der Waals surface area (Å²) in [4.78, 5) is 0. The van der Waals surface area contributed by atoms with Crippen molar-refractivity contribution in [3.05, 3.63) is 10.8 Å². The standard InChI is InChI=1S/C8H6O5S2/c9-5-3(1-14-7(5)11)13-4-2-15-8(12)6(4)10/h1-2,9-12H. The van der Waals surface area contributed by atoms with Gasteiger partial charge in [0.1, 0.15) is 0 Å². The molecule has 0 saturated heterocycles. The van der Waals surface area contributed by atoms with Crippen LogP contribution in [0.4, 0.5) is 0 Å². The molecule has 7 heteroatoms. The highest BCUT2D eigenvalue weighted by atomic mass is 32.1. The summed E-state index contributed by atoms with van der Waals surface area (Å²) in [5.74, 6) is -0.702. The van der Waals surface area contributed by atoms with Crippen molar-refractivity contribution in [2.75, 3.05) is 0 Å². The first-order valence-electron chi connectivity index (χ1n) is 3.76. The van der Waals surface area contributed by atoms with Crippen molar-refractivity contribution < 1.29 is 25.2 Å². The van der Waals surface area contributed by atoms with E-state index in [1.807, 2.05) is 0 Å². The van der Waals surface area contributed by atoms with Gasteiger partial charge in [0.05, 0.1) is 0 Å². The van der Waals surface area contributed by atoms with Crippen molar-refractivity contribution in [3.63, 3.8) is 0 Å². The molecule has 4 N–H and O–H groups in total. The van der Waals surface area contributed by atoms with Crippen LogP contribution >= 0.6 is 22.7 Å². The van der Waals surface area contributed by atoms with Crippen LogP contribution in [0.3, 0.4) is 0 Å². The van der Waals surface area contributed by atoms with E-state index in [4.69, 9.17) is 14.9 Å². The molecule has 0 aliphatic heterocycles. The second-order valence-corrected chi connectivity index (χ2v) is 4.33. The molecular weight excluding hydrogens is 240 g/mol. The summed E-state index contributed by atoms with van der Waals surface area (Å²) in [6, 6.07) is 0. The van der Waals surface area contributed by atoms with Crippen molar-refractivity contribution in [3.8, 4) is 33.1 Å². The number of ether oxygens (including phenoxy) is 1. The Bertz CT molecular complexity index is 443. The molecule has 2 aromatic heterocycles. The number of hydrogen-bond acceptors (Lipinski definition) is 7. The molecule has 0 fully saturated rings. The van der Waals surface area contributed by atoms with Gasteiger partial charge in [-0.25, -0.2) is 0 Å². The maximum absolute atomic E-state index is 9.29. The zero-order valence-corrected chi connectivity index (χ0v) is 8.80. The second-order valence-electron chi connectivity index (χ2n) is 2.61. The summed E-state index contributed by atoms with van der Waals surface area (Å²) in [7, 11) is 0. The van der Waals surface area contributed by atoms with Crippen LogP contribution in [0.5, 0.6) is 33.1 Å². The van der Waals surface area contributed by atoms with Crippen LogP contribution in [-0.4, -0.2) is 20.4 Å². The van der Waals surface area contributed by atoms with Gasteiger partial charge in [-0.2, -0.15) is 0 Å². The summed E-state index contributed by atoms with van der Waals surface area (Å²) in [6.07, 6.45) is 0. The first-order chi connectivity index (χ1) is 7.09. The van der Waals surface area contributed by atoms with Crippen molar-refractivity contribution in [2.45, 2.75) is 0 Å². The number of rotatable bonds is 2. The van der Waals surface area contributed by atoms with Crippen molar-refractivity contribution >= 4 is 22.7 Å². The van der Waals surface area contributed by atoms with Gasteiger partial charge in [-0.15, -0.1) is 0 Å². The normalized spacial score (nSPS) is 10.4. The molecule has 0 aliphatic carbocycles. The predicted octanol–water partition coefficient (Wildman–Crippen LogP) is 2.42. The molecule has 0 spiro atoms. The van der Waals surface area contributed by atoms with Gasteiger partial charge in [-0.1, -0.05) is 22.7 Å². The first-order valence-corrected chi connectivity index (χ1v) is 5.52. The predicted molar refractivity (Wildman–Crippen MR) is 55.4 cm³/mol. The van der Waals surface area contributed by atoms with Crippen LogP contribution in [0.1, 0.15) is 0 Å². The summed E-state index contributed by atoms with van der Waals surface area (Å²) in [5, 5.41) is 39.0. The maximum atomic E-state index is 9.29. The fourth-order valence-corrected chi connectivity index (χ4v) is 2.10. The van der Waals surface area contributed by atoms with Gasteiger partial charge >= 0.3 is 0 Å². The fraction of sp³-hybridized carbons (Fsp3) is 0. The van der Waals surface area contributed by atoms with Gasteiger partial charge in [-0.05, 0) is 0 Å². The van der Waals surface area contributed by atoms with E-state index in [1.165, 1.54) is 10.8 Å². The zero-order valence-electron chi connectivity index (χ0n) is 7.17. The smallest absolute Gasteiger partial charge is 0.218 e. The van der Waals surface area contributed by atoms with Crippen LogP contribution in [0.2, 0.25) is 0 Å². The van der Waals surface area contributed by atoms with E-state index in [2.05, 4.69) is 0 Å². The van der Waals surface area contributed by atoms with E-state index in [0.717, 1.165) is 22.7 Å². The van der Waals surface area contributed by atoms with Gasteiger partial charge < -0.3 is 25.2 Å². The lowest BCUT2D eigenvalue weighted by Crippen LogP contribution is -1.79. The van der Waals surface area contributed by atoms with Gasteiger partial charge in [-0.3, -0.25) is 0 Å². The summed E-state index contributed by atoms with van der Waals surface area (Å²) in [5.41, 5.74) is 0.